The van der Waals surface area contributed by atoms with E-state index in [9.17, 15) is 18.5 Å². The number of aryl methyl sites for hydroxylation is 1. The predicted molar refractivity (Wildman–Crippen MR) is 123 cm³/mol. The molecular formula is C22H28N4O5S. The number of benzene rings is 2. The van der Waals surface area contributed by atoms with E-state index in [0.717, 1.165) is 30.7 Å². The molecule has 2 aromatic carbocycles. The normalized spacial score (nSPS) is 19.8. The van der Waals surface area contributed by atoms with Gasteiger partial charge in [-0.25, -0.2) is 8.42 Å². The molecule has 0 amide bonds. The summed E-state index contributed by atoms with van der Waals surface area (Å²) >= 11 is 0. The summed E-state index contributed by atoms with van der Waals surface area (Å²) in [5.41, 5.74) is 2.32. The Kier molecular flexibility index (Phi) is 6.63. The molecule has 2 aromatic rings. The third-order valence-corrected chi connectivity index (χ3v) is 7.90. The first-order valence-electron chi connectivity index (χ1n) is 10.8. The molecule has 9 nitrogen and oxygen atoms in total. The highest BCUT2D eigenvalue weighted by Crippen LogP contribution is 2.31. The van der Waals surface area contributed by atoms with Crippen LogP contribution in [0.4, 0.5) is 17.1 Å². The fraction of sp³-hybridized carbons (Fsp3) is 0.455. The highest BCUT2D eigenvalue weighted by molar-refractivity contribution is 7.89. The van der Waals surface area contributed by atoms with Crippen LogP contribution in [0.5, 0.6) is 0 Å². The number of nitrogens with zero attached hydrogens (tertiary/aromatic N) is 3. The summed E-state index contributed by atoms with van der Waals surface area (Å²) in [4.78, 5) is 13.4. The Balaban J connectivity index is 1.45. The molecule has 0 aromatic heterocycles. The van der Waals surface area contributed by atoms with Crippen LogP contribution in [0.3, 0.4) is 0 Å². The van der Waals surface area contributed by atoms with Gasteiger partial charge in [0.1, 0.15) is 5.69 Å². The van der Waals surface area contributed by atoms with E-state index in [1.54, 1.807) is 36.4 Å². The van der Waals surface area contributed by atoms with Gasteiger partial charge in [0.15, 0.2) is 0 Å². The fourth-order valence-electron chi connectivity index (χ4n) is 4.10. The van der Waals surface area contributed by atoms with Crippen LogP contribution in [-0.2, 0) is 14.8 Å². The molecule has 32 heavy (non-hydrogen) atoms. The van der Waals surface area contributed by atoms with E-state index in [-0.39, 0.29) is 11.8 Å². The van der Waals surface area contributed by atoms with Gasteiger partial charge < -0.3 is 15.0 Å². The zero-order valence-corrected chi connectivity index (χ0v) is 18.9. The molecule has 0 bridgehead atoms. The van der Waals surface area contributed by atoms with Crippen molar-refractivity contribution >= 4 is 27.1 Å². The Morgan fingerprint density at radius 3 is 2.47 bits per heavy atom. The molecule has 0 unspecified atom stereocenters. The van der Waals surface area contributed by atoms with Crippen LogP contribution in [0.1, 0.15) is 18.4 Å². The van der Waals surface area contributed by atoms with Crippen molar-refractivity contribution in [2.75, 3.05) is 49.5 Å². The van der Waals surface area contributed by atoms with Gasteiger partial charge in [0.2, 0.25) is 10.0 Å². The third kappa shape index (κ3) is 4.87. The van der Waals surface area contributed by atoms with Crippen molar-refractivity contribution in [3.05, 3.63) is 58.1 Å². The van der Waals surface area contributed by atoms with E-state index < -0.39 is 14.9 Å². The minimum atomic E-state index is -3.54. The Labute approximate surface area is 188 Å². The predicted octanol–water partition coefficient (Wildman–Crippen LogP) is 3.01. The molecule has 1 atom stereocenters. The Morgan fingerprint density at radius 1 is 1.12 bits per heavy atom. The molecule has 1 N–H and O–H groups in total. The lowest BCUT2D eigenvalue weighted by Crippen LogP contribution is -2.48. The molecule has 2 saturated heterocycles. The largest absolute Gasteiger partial charge is 0.377 e. The first-order valence-corrected chi connectivity index (χ1v) is 12.2. The van der Waals surface area contributed by atoms with Gasteiger partial charge in [-0.05, 0) is 44.0 Å². The van der Waals surface area contributed by atoms with Gasteiger partial charge in [0, 0.05) is 51.1 Å². The van der Waals surface area contributed by atoms with Gasteiger partial charge in [-0.2, -0.15) is 4.31 Å². The number of sulfonamides is 1. The van der Waals surface area contributed by atoms with Gasteiger partial charge >= 0.3 is 0 Å². The van der Waals surface area contributed by atoms with Gasteiger partial charge in [-0.1, -0.05) is 17.7 Å². The minimum Gasteiger partial charge on any atom is -0.377 e. The number of anilines is 2. The lowest BCUT2D eigenvalue weighted by molar-refractivity contribution is -0.383. The SMILES string of the molecule is Cc1ccc(S(=O)(=O)N2CCN(c3ccc([N+](=O)[O-])c(NC[C@H]4CCCO4)c3)CC2)cc1. The monoisotopic (exact) mass is 460 g/mol. The zero-order chi connectivity index (χ0) is 22.7. The van der Waals surface area contributed by atoms with Gasteiger partial charge in [0.05, 0.1) is 15.9 Å². The molecule has 2 heterocycles. The van der Waals surface area contributed by atoms with Crippen molar-refractivity contribution in [3.8, 4) is 0 Å². The molecular weight excluding hydrogens is 432 g/mol. The third-order valence-electron chi connectivity index (χ3n) is 5.98. The second-order valence-electron chi connectivity index (χ2n) is 8.18. The lowest BCUT2D eigenvalue weighted by atomic mass is 10.2. The summed E-state index contributed by atoms with van der Waals surface area (Å²) in [7, 11) is -3.54. The Hall–Kier alpha value is -2.69. The van der Waals surface area contributed by atoms with E-state index in [0.29, 0.717) is 43.3 Å². The quantitative estimate of drug-likeness (QED) is 0.500. The standard InChI is InChI=1S/C22H28N4O5S/c1-17-4-7-20(8-5-17)32(29,30)25-12-10-24(11-13-25)18-6-9-22(26(27)28)21(15-18)23-16-19-3-2-14-31-19/h4-9,15,19,23H,2-3,10-14,16H2,1H3/t19-/m1/s1. The van der Waals surface area contributed by atoms with Gasteiger partial charge in [-0.3, -0.25) is 10.1 Å². The molecule has 0 radical (unpaired) electrons. The minimum absolute atomic E-state index is 0.0207. The summed E-state index contributed by atoms with van der Waals surface area (Å²) in [6, 6.07) is 11.9. The summed E-state index contributed by atoms with van der Waals surface area (Å²) in [6.45, 7) is 4.89. The van der Waals surface area contributed by atoms with Crippen LogP contribution in [0.25, 0.3) is 0 Å². The molecule has 10 heteroatoms. The molecule has 0 aliphatic carbocycles. The molecule has 0 saturated carbocycles. The van der Waals surface area contributed by atoms with E-state index in [4.69, 9.17) is 4.74 Å². The number of nitro groups is 1. The first-order chi connectivity index (χ1) is 15.3. The molecule has 172 valence electrons. The van der Waals surface area contributed by atoms with Crippen molar-refractivity contribution in [1.29, 1.82) is 0 Å². The number of rotatable bonds is 7. The Morgan fingerprint density at radius 2 is 1.84 bits per heavy atom. The van der Waals surface area contributed by atoms with E-state index in [1.165, 1.54) is 10.4 Å². The smallest absolute Gasteiger partial charge is 0.292 e. The van der Waals surface area contributed by atoms with Crippen LogP contribution in [-0.4, -0.2) is 63.1 Å². The van der Waals surface area contributed by atoms with Crippen molar-refractivity contribution in [2.24, 2.45) is 0 Å². The summed E-state index contributed by atoms with van der Waals surface area (Å²) in [5, 5.41) is 14.6. The zero-order valence-electron chi connectivity index (χ0n) is 18.1. The molecule has 2 aliphatic heterocycles. The first kappa shape index (κ1) is 22.5. The van der Waals surface area contributed by atoms with E-state index in [1.807, 2.05) is 6.92 Å². The maximum Gasteiger partial charge on any atom is 0.292 e. The van der Waals surface area contributed by atoms with Crippen LogP contribution in [0, 0.1) is 17.0 Å². The van der Waals surface area contributed by atoms with E-state index >= 15 is 0 Å². The number of ether oxygens (including phenoxy) is 1. The number of nitro benzene ring substituents is 1. The Bertz CT molecular complexity index is 1060. The number of hydrogen-bond acceptors (Lipinski definition) is 7. The molecule has 2 fully saturated rings. The lowest BCUT2D eigenvalue weighted by Gasteiger charge is -2.35. The average molecular weight is 461 g/mol. The van der Waals surface area contributed by atoms with Crippen LogP contribution in [0.2, 0.25) is 0 Å². The topological polar surface area (TPSA) is 105 Å². The van der Waals surface area contributed by atoms with Crippen molar-refractivity contribution in [1.82, 2.24) is 4.31 Å². The second-order valence-corrected chi connectivity index (χ2v) is 10.1. The van der Waals surface area contributed by atoms with Gasteiger partial charge in [0.25, 0.3) is 5.69 Å². The number of piperazine rings is 1. The maximum absolute atomic E-state index is 12.9. The van der Waals surface area contributed by atoms with Crippen LogP contribution >= 0.6 is 0 Å². The maximum atomic E-state index is 12.9. The highest BCUT2D eigenvalue weighted by Gasteiger charge is 2.29. The highest BCUT2D eigenvalue weighted by atomic mass is 32.2. The van der Waals surface area contributed by atoms with E-state index in [2.05, 4.69) is 10.2 Å². The second kappa shape index (κ2) is 9.43. The van der Waals surface area contributed by atoms with Crippen molar-refractivity contribution in [3.63, 3.8) is 0 Å². The van der Waals surface area contributed by atoms with Gasteiger partial charge in [-0.15, -0.1) is 0 Å². The van der Waals surface area contributed by atoms with Crippen molar-refractivity contribution < 1.29 is 18.1 Å². The number of nitrogens with one attached hydrogen (secondary N) is 1. The summed E-state index contributed by atoms with van der Waals surface area (Å²) < 4.78 is 33.0. The summed E-state index contributed by atoms with van der Waals surface area (Å²) in [6.07, 6.45) is 2.01. The molecule has 4 rings (SSSR count). The number of hydrogen-bond donors (Lipinski definition) is 1. The van der Waals surface area contributed by atoms with Crippen LogP contribution < -0.4 is 10.2 Å². The molecule has 2 aliphatic rings. The van der Waals surface area contributed by atoms with Crippen molar-refractivity contribution in [2.45, 2.75) is 30.8 Å². The fourth-order valence-corrected chi connectivity index (χ4v) is 5.52. The average Bonchev–Trinajstić information content (AvgIpc) is 3.31. The molecule has 0 spiro atoms. The summed E-state index contributed by atoms with van der Waals surface area (Å²) in [5.74, 6) is 0. The van der Waals surface area contributed by atoms with Crippen LogP contribution in [0.15, 0.2) is 47.4 Å².